The van der Waals surface area contributed by atoms with Gasteiger partial charge < -0.3 is 20.1 Å². The maximum atomic E-state index is 12.8. The highest BCUT2D eigenvalue weighted by atomic mass is 16.5. The van der Waals surface area contributed by atoms with Crippen molar-refractivity contribution in [1.82, 2.24) is 5.32 Å². The van der Waals surface area contributed by atoms with Crippen LogP contribution in [0.3, 0.4) is 0 Å². The molecule has 1 aromatic rings. The third kappa shape index (κ3) is 3.91. The fourth-order valence-electron chi connectivity index (χ4n) is 4.03. The first-order valence-corrected chi connectivity index (χ1v) is 9.34. The van der Waals surface area contributed by atoms with Crippen molar-refractivity contribution < 1.29 is 19.4 Å². The molecule has 2 spiro atoms. The summed E-state index contributed by atoms with van der Waals surface area (Å²) in [5.41, 5.74) is 0.353. The smallest absolute Gasteiger partial charge is 0.300 e. The third-order valence-electron chi connectivity index (χ3n) is 5.57. The molecule has 2 saturated carbocycles. The van der Waals surface area contributed by atoms with Crippen LogP contribution < -0.4 is 10.2 Å². The molecule has 2 aliphatic carbocycles. The van der Waals surface area contributed by atoms with Crippen molar-refractivity contribution >= 4 is 17.6 Å². The van der Waals surface area contributed by atoms with Gasteiger partial charge >= 0.3 is 0 Å². The van der Waals surface area contributed by atoms with E-state index in [4.69, 9.17) is 14.6 Å². The topological polar surface area (TPSA) is 78.9 Å². The van der Waals surface area contributed by atoms with E-state index in [0.717, 1.165) is 51.1 Å². The molecule has 0 radical (unpaired) electrons. The monoisotopic (exact) mass is 360 g/mol. The van der Waals surface area contributed by atoms with Crippen molar-refractivity contribution in [3.63, 3.8) is 0 Å². The molecule has 1 aromatic carbocycles. The summed E-state index contributed by atoms with van der Waals surface area (Å²) in [6, 6.07) is 10.7. The number of aliphatic carboxylic acids is 1. The third-order valence-corrected chi connectivity index (χ3v) is 5.57. The molecule has 1 amide bonds. The second-order valence-electron chi connectivity index (χ2n) is 7.59. The molecular weight excluding hydrogens is 332 g/mol. The summed E-state index contributed by atoms with van der Waals surface area (Å²) in [7, 11) is 2.03. The average Bonchev–Trinajstić information content (AvgIpc) is 3.39. The second kappa shape index (κ2) is 7.37. The largest absolute Gasteiger partial charge is 0.481 e. The molecule has 3 aliphatic rings. The minimum Gasteiger partial charge on any atom is -0.481 e. The van der Waals surface area contributed by atoms with Gasteiger partial charge in [-0.1, -0.05) is 18.2 Å². The van der Waals surface area contributed by atoms with Crippen LogP contribution in [0, 0.1) is 0 Å². The van der Waals surface area contributed by atoms with E-state index >= 15 is 0 Å². The number of rotatable bonds is 2. The summed E-state index contributed by atoms with van der Waals surface area (Å²) in [6.07, 6.45) is 6.10. The molecule has 6 nitrogen and oxygen atoms in total. The van der Waals surface area contributed by atoms with Gasteiger partial charge in [-0.05, 0) is 57.7 Å². The Morgan fingerprint density at radius 3 is 2.27 bits per heavy atom. The fraction of sp³-hybridized carbons (Fsp3) is 0.600. The maximum Gasteiger partial charge on any atom is 0.300 e. The Kier molecular flexibility index (Phi) is 5.34. The van der Waals surface area contributed by atoms with E-state index in [9.17, 15) is 4.79 Å². The summed E-state index contributed by atoms with van der Waals surface area (Å²) in [5, 5.41) is 10.8. The van der Waals surface area contributed by atoms with Crippen LogP contribution in [0.5, 0.6) is 0 Å². The first-order chi connectivity index (χ1) is 12.4. The average molecular weight is 360 g/mol. The molecule has 0 atom stereocenters. The van der Waals surface area contributed by atoms with Crippen molar-refractivity contribution in [2.75, 3.05) is 18.5 Å². The standard InChI is InChI=1S/C18H24N2O2.C2H4O2/c1-19-14-7-9-17(10-8-14)13-20(15-5-3-2-4-6-15)16(21)18(22-17)11-12-18;1-2(3)4/h2-6,14,19H,7-13H2,1H3;1H3,(H,3,4). The van der Waals surface area contributed by atoms with Crippen LogP contribution in [0.2, 0.25) is 0 Å². The van der Waals surface area contributed by atoms with E-state index in [1.165, 1.54) is 0 Å². The predicted octanol–water partition coefficient (Wildman–Crippen LogP) is 2.57. The number of carbonyl (C=O) groups is 2. The molecule has 4 rings (SSSR count). The lowest BCUT2D eigenvalue weighted by molar-refractivity contribution is -0.169. The van der Waals surface area contributed by atoms with Crippen LogP contribution in [0.25, 0.3) is 0 Å². The van der Waals surface area contributed by atoms with E-state index in [2.05, 4.69) is 5.32 Å². The fourth-order valence-corrected chi connectivity index (χ4v) is 4.03. The maximum absolute atomic E-state index is 12.8. The number of amides is 1. The molecule has 142 valence electrons. The Labute approximate surface area is 154 Å². The van der Waals surface area contributed by atoms with Crippen molar-refractivity contribution in [1.29, 1.82) is 0 Å². The second-order valence-corrected chi connectivity index (χ2v) is 7.59. The number of carbonyl (C=O) groups excluding carboxylic acids is 1. The molecule has 0 aromatic heterocycles. The van der Waals surface area contributed by atoms with Crippen LogP contribution in [0.1, 0.15) is 45.4 Å². The lowest BCUT2D eigenvalue weighted by Crippen LogP contribution is -2.62. The number of carboxylic acid groups (broad SMARTS) is 1. The number of nitrogens with zero attached hydrogens (tertiary/aromatic N) is 1. The number of anilines is 1. The van der Waals surface area contributed by atoms with Gasteiger partial charge in [0.1, 0.15) is 5.60 Å². The highest BCUT2D eigenvalue weighted by Gasteiger charge is 2.62. The van der Waals surface area contributed by atoms with Crippen LogP contribution in [-0.2, 0) is 14.3 Å². The van der Waals surface area contributed by atoms with E-state index in [1.807, 2.05) is 42.3 Å². The lowest BCUT2D eigenvalue weighted by atomic mass is 9.80. The van der Waals surface area contributed by atoms with E-state index < -0.39 is 11.6 Å². The van der Waals surface area contributed by atoms with Crippen LogP contribution in [0.15, 0.2) is 30.3 Å². The normalized spacial score (nSPS) is 29.2. The Morgan fingerprint density at radius 2 is 1.77 bits per heavy atom. The molecule has 1 heterocycles. The molecule has 1 aliphatic heterocycles. The first kappa shape index (κ1) is 18.9. The summed E-state index contributed by atoms with van der Waals surface area (Å²) in [5.74, 6) is -0.667. The van der Waals surface area contributed by atoms with Crippen LogP contribution >= 0.6 is 0 Å². The first-order valence-electron chi connectivity index (χ1n) is 9.34. The zero-order valence-corrected chi connectivity index (χ0v) is 15.5. The number of nitrogens with one attached hydrogen (secondary N) is 1. The minimum absolute atomic E-state index is 0.145. The molecule has 2 N–H and O–H groups in total. The summed E-state index contributed by atoms with van der Waals surface area (Å²) >= 11 is 0. The van der Waals surface area contributed by atoms with Crippen molar-refractivity contribution in [2.24, 2.45) is 0 Å². The quantitative estimate of drug-likeness (QED) is 0.847. The number of para-hydroxylation sites is 1. The van der Waals surface area contributed by atoms with Gasteiger partial charge in [0.15, 0.2) is 0 Å². The predicted molar refractivity (Wildman–Crippen MR) is 99.2 cm³/mol. The Balaban J connectivity index is 0.000000447. The van der Waals surface area contributed by atoms with Crippen molar-refractivity contribution in [2.45, 2.75) is 62.7 Å². The molecule has 0 unspecified atom stereocenters. The summed E-state index contributed by atoms with van der Waals surface area (Å²) in [6.45, 7) is 1.79. The SMILES string of the molecule is CC(=O)O.CNC1CCC2(CC1)CN(c1ccccc1)C(=O)C1(CC1)O2. The van der Waals surface area contributed by atoms with Gasteiger partial charge in [-0.3, -0.25) is 9.59 Å². The highest BCUT2D eigenvalue weighted by molar-refractivity contribution is 6.02. The summed E-state index contributed by atoms with van der Waals surface area (Å²) < 4.78 is 6.45. The molecular formula is C20H28N2O4. The number of hydrogen-bond donors (Lipinski definition) is 2. The van der Waals surface area contributed by atoms with Gasteiger partial charge in [0.25, 0.3) is 11.9 Å². The van der Waals surface area contributed by atoms with Gasteiger partial charge in [0, 0.05) is 18.7 Å². The van der Waals surface area contributed by atoms with Gasteiger partial charge in [-0.15, -0.1) is 0 Å². The zero-order valence-electron chi connectivity index (χ0n) is 15.5. The molecule has 6 heteroatoms. The number of benzene rings is 1. The Bertz CT molecular complexity index is 645. The van der Waals surface area contributed by atoms with Crippen LogP contribution in [-0.4, -0.2) is 47.8 Å². The number of hydrogen-bond acceptors (Lipinski definition) is 4. The number of carboxylic acids is 1. The van der Waals surface area contributed by atoms with Gasteiger partial charge in [0.05, 0.1) is 12.1 Å². The van der Waals surface area contributed by atoms with Crippen LogP contribution in [0.4, 0.5) is 5.69 Å². The number of morpholine rings is 1. The lowest BCUT2D eigenvalue weighted by Gasteiger charge is -2.49. The molecule has 26 heavy (non-hydrogen) atoms. The summed E-state index contributed by atoms with van der Waals surface area (Å²) in [4.78, 5) is 23.8. The van der Waals surface area contributed by atoms with E-state index in [1.54, 1.807) is 0 Å². The van der Waals surface area contributed by atoms with E-state index in [-0.39, 0.29) is 11.5 Å². The molecule has 3 fully saturated rings. The van der Waals surface area contributed by atoms with E-state index in [0.29, 0.717) is 12.6 Å². The van der Waals surface area contributed by atoms with Gasteiger partial charge in [-0.25, -0.2) is 0 Å². The van der Waals surface area contributed by atoms with Gasteiger partial charge in [-0.2, -0.15) is 0 Å². The Hall–Kier alpha value is -1.92. The molecule has 1 saturated heterocycles. The Morgan fingerprint density at radius 1 is 1.19 bits per heavy atom. The minimum atomic E-state index is -0.833. The van der Waals surface area contributed by atoms with Crippen molar-refractivity contribution in [3.8, 4) is 0 Å². The highest BCUT2D eigenvalue weighted by Crippen LogP contribution is 2.51. The molecule has 0 bridgehead atoms. The zero-order chi connectivity index (χ0) is 18.8. The van der Waals surface area contributed by atoms with Crippen molar-refractivity contribution in [3.05, 3.63) is 30.3 Å². The van der Waals surface area contributed by atoms with Gasteiger partial charge in [0.2, 0.25) is 0 Å². The number of ether oxygens (including phenoxy) is 1.